The van der Waals surface area contributed by atoms with Gasteiger partial charge in [0.05, 0.1) is 23.1 Å². The van der Waals surface area contributed by atoms with Gasteiger partial charge in [0.15, 0.2) is 0 Å². The Balaban J connectivity index is 2.38. The normalized spacial score (nSPS) is 11.3. The molecule has 2 aromatic heterocycles. The summed E-state index contributed by atoms with van der Waals surface area (Å²) in [6, 6.07) is 8.30. The second-order valence-electron chi connectivity index (χ2n) is 4.34. The van der Waals surface area contributed by atoms with Gasteiger partial charge < -0.3 is 10.3 Å². The van der Waals surface area contributed by atoms with Crippen LogP contribution in [0, 0.1) is 0 Å². The number of aryl methyl sites for hydroxylation is 2. The Bertz CT molecular complexity index is 719. The van der Waals surface area contributed by atoms with E-state index in [-0.39, 0.29) is 0 Å². The molecule has 3 aromatic rings. The number of aromatic nitrogens is 3. The van der Waals surface area contributed by atoms with Crippen LogP contribution in [0.3, 0.4) is 0 Å². The smallest absolute Gasteiger partial charge is 0.107 e. The maximum atomic E-state index is 5.99. The first-order valence-corrected chi connectivity index (χ1v) is 6.40. The predicted octanol–water partition coefficient (Wildman–Crippen LogP) is 2.92. The average Bonchev–Trinajstić information content (AvgIpc) is 2.82. The predicted molar refractivity (Wildman–Crippen MR) is 77.2 cm³/mol. The first-order valence-electron chi connectivity index (χ1n) is 5.61. The zero-order chi connectivity index (χ0) is 12.9. The van der Waals surface area contributed by atoms with Gasteiger partial charge in [-0.3, -0.25) is 4.68 Å². The van der Waals surface area contributed by atoms with Gasteiger partial charge in [-0.2, -0.15) is 5.10 Å². The van der Waals surface area contributed by atoms with Crippen LogP contribution in [-0.2, 0) is 14.1 Å². The van der Waals surface area contributed by atoms with Crippen LogP contribution in [-0.4, -0.2) is 14.3 Å². The number of nitrogens with zero attached hydrogens (tertiary/aromatic N) is 3. The minimum Gasteiger partial charge on any atom is -0.396 e. The average molecular weight is 305 g/mol. The molecule has 0 aliphatic rings. The van der Waals surface area contributed by atoms with E-state index in [1.165, 1.54) is 5.39 Å². The number of nitrogen functional groups attached to an aromatic ring is 1. The van der Waals surface area contributed by atoms with Crippen molar-refractivity contribution in [1.82, 2.24) is 14.3 Å². The van der Waals surface area contributed by atoms with Crippen molar-refractivity contribution in [3.63, 3.8) is 0 Å². The number of para-hydroxylation sites is 1. The highest BCUT2D eigenvalue weighted by atomic mass is 79.9. The van der Waals surface area contributed by atoms with E-state index in [1.807, 2.05) is 26.2 Å². The SMILES string of the molecule is Cn1ncc(N)c1-c1cc2cccc(Br)c2n1C. The molecule has 0 spiro atoms. The first kappa shape index (κ1) is 11.3. The van der Waals surface area contributed by atoms with Crippen molar-refractivity contribution < 1.29 is 0 Å². The number of hydrogen-bond donors (Lipinski definition) is 1. The Hall–Kier alpha value is -1.75. The fraction of sp³-hybridized carbons (Fsp3) is 0.154. The molecule has 0 amide bonds. The number of halogens is 1. The van der Waals surface area contributed by atoms with Crippen molar-refractivity contribution in [1.29, 1.82) is 0 Å². The summed E-state index contributed by atoms with van der Waals surface area (Å²) < 4.78 is 5.01. The van der Waals surface area contributed by atoms with Crippen LogP contribution < -0.4 is 5.73 Å². The molecule has 3 rings (SSSR count). The van der Waals surface area contributed by atoms with Gasteiger partial charge in [-0.1, -0.05) is 12.1 Å². The maximum Gasteiger partial charge on any atom is 0.107 e. The van der Waals surface area contributed by atoms with E-state index in [1.54, 1.807) is 10.9 Å². The van der Waals surface area contributed by atoms with Gasteiger partial charge in [-0.05, 0) is 28.1 Å². The lowest BCUT2D eigenvalue weighted by Crippen LogP contribution is -2.00. The van der Waals surface area contributed by atoms with E-state index in [4.69, 9.17) is 5.73 Å². The van der Waals surface area contributed by atoms with Gasteiger partial charge >= 0.3 is 0 Å². The molecule has 2 heterocycles. The Morgan fingerprint density at radius 3 is 2.67 bits per heavy atom. The van der Waals surface area contributed by atoms with Gasteiger partial charge in [0, 0.05) is 24.0 Å². The van der Waals surface area contributed by atoms with E-state index in [0.29, 0.717) is 5.69 Å². The second-order valence-corrected chi connectivity index (χ2v) is 5.19. The summed E-state index contributed by atoms with van der Waals surface area (Å²) in [5.74, 6) is 0. The van der Waals surface area contributed by atoms with Crippen molar-refractivity contribution in [2.24, 2.45) is 14.1 Å². The van der Waals surface area contributed by atoms with Crippen LogP contribution in [0.25, 0.3) is 22.3 Å². The summed E-state index contributed by atoms with van der Waals surface area (Å²) in [5, 5.41) is 5.38. The monoisotopic (exact) mass is 304 g/mol. The van der Waals surface area contributed by atoms with E-state index >= 15 is 0 Å². The minimum atomic E-state index is 0.694. The third kappa shape index (κ3) is 1.47. The molecule has 0 aliphatic heterocycles. The third-order valence-corrected chi connectivity index (χ3v) is 3.86. The van der Waals surface area contributed by atoms with E-state index in [9.17, 15) is 0 Å². The van der Waals surface area contributed by atoms with Crippen LogP contribution in [0.15, 0.2) is 34.9 Å². The minimum absolute atomic E-state index is 0.694. The Morgan fingerprint density at radius 1 is 1.28 bits per heavy atom. The van der Waals surface area contributed by atoms with Crippen molar-refractivity contribution in [3.8, 4) is 11.4 Å². The summed E-state index contributed by atoms with van der Waals surface area (Å²) in [7, 11) is 3.94. The highest BCUT2D eigenvalue weighted by Gasteiger charge is 2.15. The molecule has 18 heavy (non-hydrogen) atoms. The molecule has 1 aromatic carbocycles. The lowest BCUT2D eigenvalue weighted by molar-refractivity contribution is 0.768. The van der Waals surface area contributed by atoms with Crippen LogP contribution in [0.5, 0.6) is 0 Å². The number of nitrogens with two attached hydrogens (primary N) is 1. The highest BCUT2D eigenvalue weighted by molar-refractivity contribution is 9.10. The zero-order valence-electron chi connectivity index (χ0n) is 10.2. The molecular formula is C13H13BrN4. The molecule has 92 valence electrons. The molecule has 0 radical (unpaired) electrons. The molecule has 5 heteroatoms. The third-order valence-electron chi connectivity index (χ3n) is 3.22. The number of hydrogen-bond acceptors (Lipinski definition) is 2. The van der Waals surface area contributed by atoms with E-state index < -0.39 is 0 Å². The van der Waals surface area contributed by atoms with Gasteiger partial charge in [0.25, 0.3) is 0 Å². The van der Waals surface area contributed by atoms with Gasteiger partial charge in [-0.25, -0.2) is 0 Å². The number of anilines is 1. The lowest BCUT2D eigenvalue weighted by Gasteiger charge is -2.06. The fourth-order valence-corrected chi connectivity index (χ4v) is 3.01. The van der Waals surface area contributed by atoms with E-state index in [0.717, 1.165) is 21.4 Å². The topological polar surface area (TPSA) is 48.8 Å². The molecular weight excluding hydrogens is 292 g/mol. The molecule has 0 fully saturated rings. The summed E-state index contributed by atoms with van der Waals surface area (Å²) in [6.45, 7) is 0. The molecule has 0 saturated heterocycles. The lowest BCUT2D eigenvalue weighted by atomic mass is 10.2. The van der Waals surface area contributed by atoms with Crippen molar-refractivity contribution in [2.75, 3.05) is 5.73 Å². The van der Waals surface area contributed by atoms with Crippen molar-refractivity contribution >= 4 is 32.5 Å². The molecule has 4 nitrogen and oxygen atoms in total. The molecule has 0 atom stereocenters. The second kappa shape index (κ2) is 3.88. The Morgan fingerprint density at radius 2 is 2.06 bits per heavy atom. The molecule has 0 unspecified atom stereocenters. The zero-order valence-corrected chi connectivity index (χ0v) is 11.8. The van der Waals surface area contributed by atoms with Crippen LogP contribution in [0.1, 0.15) is 0 Å². The van der Waals surface area contributed by atoms with Gasteiger partial charge in [0.2, 0.25) is 0 Å². The summed E-state index contributed by atoms with van der Waals surface area (Å²) in [6.07, 6.45) is 1.68. The van der Waals surface area contributed by atoms with Crippen LogP contribution >= 0.6 is 15.9 Å². The highest BCUT2D eigenvalue weighted by Crippen LogP contribution is 2.33. The number of rotatable bonds is 1. The van der Waals surface area contributed by atoms with Crippen molar-refractivity contribution in [3.05, 3.63) is 34.9 Å². The largest absolute Gasteiger partial charge is 0.396 e. The number of fused-ring (bicyclic) bond motifs is 1. The van der Waals surface area contributed by atoms with Crippen LogP contribution in [0.2, 0.25) is 0 Å². The Kier molecular flexibility index (Phi) is 2.45. The summed E-state index contributed by atoms with van der Waals surface area (Å²) in [5.41, 5.74) is 9.86. The summed E-state index contributed by atoms with van der Waals surface area (Å²) >= 11 is 3.59. The first-order chi connectivity index (χ1) is 8.59. The fourth-order valence-electron chi connectivity index (χ4n) is 2.36. The van der Waals surface area contributed by atoms with Gasteiger partial charge in [-0.15, -0.1) is 0 Å². The standard InChI is InChI=1S/C13H13BrN4/c1-17-11(13-10(15)7-16-18(13)2)6-8-4-3-5-9(14)12(8)17/h3-7H,15H2,1-2H3. The maximum absolute atomic E-state index is 5.99. The molecule has 0 saturated carbocycles. The Labute approximate surface area is 113 Å². The molecule has 2 N–H and O–H groups in total. The molecule has 0 aliphatic carbocycles. The van der Waals surface area contributed by atoms with E-state index in [2.05, 4.69) is 37.7 Å². The molecule has 0 bridgehead atoms. The number of benzene rings is 1. The summed E-state index contributed by atoms with van der Waals surface area (Å²) in [4.78, 5) is 0. The van der Waals surface area contributed by atoms with Crippen LogP contribution in [0.4, 0.5) is 5.69 Å². The van der Waals surface area contributed by atoms with Gasteiger partial charge in [0.1, 0.15) is 5.69 Å². The van der Waals surface area contributed by atoms with Crippen molar-refractivity contribution in [2.45, 2.75) is 0 Å². The quantitative estimate of drug-likeness (QED) is 0.751.